The van der Waals surface area contributed by atoms with Gasteiger partial charge in [-0.2, -0.15) is 5.10 Å². The summed E-state index contributed by atoms with van der Waals surface area (Å²) in [5, 5.41) is 16.1. The Hall–Kier alpha value is -3.13. The molecule has 1 aromatic carbocycles. The molecule has 1 saturated carbocycles. The summed E-state index contributed by atoms with van der Waals surface area (Å²) in [7, 11) is 0. The van der Waals surface area contributed by atoms with Gasteiger partial charge >= 0.3 is 0 Å². The lowest BCUT2D eigenvalue weighted by atomic mass is 10.1. The second-order valence-electron chi connectivity index (χ2n) is 7.19. The maximum absolute atomic E-state index is 14.3. The normalized spacial score (nSPS) is 19.2. The van der Waals surface area contributed by atoms with Gasteiger partial charge in [-0.1, -0.05) is 6.07 Å². The lowest BCUT2D eigenvalue weighted by molar-refractivity contribution is 0.102. The Kier molecular flexibility index (Phi) is 3.77. The van der Waals surface area contributed by atoms with Gasteiger partial charge in [0.15, 0.2) is 11.5 Å². The smallest absolute Gasteiger partial charge is 0.277 e. The average molecular weight is 382 g/mol. The molecule has 3 aromatic rings. The molecular weight excluding hydrogens is 366 g/mol. The largest absolute Gasteiger partial charge is 0.392 e. The van der Waals surface area contributed by atoms with Gasteiger partial charge < -0.3 is 10.4 Å². The minimum Gasteiger partial charge on any atom is -0.392 e. The lowest BCUT2D eigenvalue weighted by Crippen LogP contribution is -2.16. The molecule has 142 valence electrons. The maximum Gasteiger partial charge on any atom is 0.277 e. The average Bonchev–Trinajstić information content (AvgIpc) is 3.18. The number of carbonyl (C=O) groups is 1. The van der Waals surface area contributed by atoms with Gasteiger partial charge in [0.25, 0.3) is 5.91 Å². The molecule has 8 heteroatoms. The molecule has 2 heterocycles. The van der Waals surface area contributed by atoms with Crippen molar-refractivity contribution < 1.29 is 18.7 Å². The molecule has 2 aromatic heterocycles. The van der Waals surface area contributed by atoms with Crippen molar-refractivity contribution in [2.24, 2.45) is 5.92 Å². The number of hydrogen-bond donors (Lipinski definition) is 2. The minimum atomic E-state index is -0.720. The molecule has 5 rings (SSSR count). The molecule has 2 N–H and O–H groups in total. The predicted octanol–water partition coefficient (Wildman–Crippen LogP) is 2.95. The van der Waals surface area contributed by atoms with Gasteiger partial charge in [-0.25, -0.2) is 18.4 Å². The second kappa shape index (κ2) is 6.20. The van der Waals surface area contributed by atoms with E-state index in [4.69, 9.17) is 5.11 Å². The first-order chi connectivity index (χ1) is 13.5. The van der Waals surface area contributed by atoms with Crippen LogP contribution < -0.4 is 5.32 Å². The van der Waals surface area contributed by atoms with Crippen LogP contribution in [0.1, 0.15) is 39.6 Å². The zero-order valence-electron chi connectivity index (χ0n) is 14.7. The Balaban J connectivity index is 1.52. The Morgan fingerprint density at radius 2 is 2.14 bits per heavy atom. The summed E-state index contributed by atoms with van der Waals surface area (Å²) in [5.74, 6) is -0.760. The fraction of sp³-hybridized carbons (Fsp3) is 0.250. The van der Waals surface area contributed by atoms with E-state index in [1.807, 2.05) is 0 Å². The zero-order valence-corrected chi connectivity index (χ0v) is 14.7. The van der Waals surface area contributed by atoms with Crippen LogP contribution in [0.25, 0.3) is 5.69 Å². The number of benzene rings is 1. The number of nitrogens with zero attached hydrogens (tertiary/aromatic N) is 3. The van der Waals surface area contributed by atoms with Crippen molar-refractivity contribution in [3.05, 3.63) is 70.7 Å². The third-order valence-electron chi connectivity index (χ3n) is 5.37. The summed E-state index contributed by atoms with van der Waals surface area (Å²) < 4.78 is 29.1. The molecule has 6 nitrogen and oxygen atoms in total. The molecule has 1 amide bonds. The number of halogens is 2. The molecular formula is C20H16F2N4O2. The Morgan fingerprint density at radius 3 is 2.86 bits per heavy atom. The van der Waals surface area contributed by atoms with Gasteiger partial charge in [-0.15, -0.1) is 0 Å². The van der Waals surface area contributed by atoms with E-state index in [1.165, 1.54) is 23.0 Å². The number of aromatic nitrogens is 3. The molecule has 0 radical (unpaired) electrons. The van der Waals surface area contributed by atoms with Crippen LogP contribution in [0.4, 0.5) is 14.6 Å². The van der Waals surface area contributed by atoms with Crippen LogP contribution in [-0.2, 0) is 13.0 Å². The van der Waals surface area contributed by atoms with Crippen LogP contribution in [0.2, 0.25) is 0 Å². The highest BCUT2D eigenvalue weighted by Gasteiger charge is 2.50. The zero-order chi connectivity index (χ0) is 19.4. The van der Waals surface area contributed by atoms with E-state index in [9.17, 15) is 13.6 Å². The van der Waals surface area contributed by atoms with Gasteiger partial charge in [0.2, 0.25) is 0 Å². The number of anilines is 1. The van der Waals surface area contributed by atoms with Crippen molar-refractivity contribution in [1.82, 2.24) is 14.8 Å². The van der Waals surface area contributed by atoms with Crippen LogP contribution in [0.3, 0.4) is 0 Å². The van der Waals surface area contributed by atoms with Gasteiger partial charge in [0.05, 0.1) is 12.3 Å². The van der Waals surface area contributed by atoms with Crippen molar-refractivity contribution >= 4 is 11.7 Å². The third-order valence-corrected chi connectivity index (χ3v) is 5.37. The standard InChI is InChI=1S/C20H16F2N4O2/c21-12-2-3-16(15(22)7-12)26-19-13-5-11(13)6-14(19)18(25-26)20(28)24-17-4-1-10(9-27)8-23-17/h1-4,7-8,11,13,27H,5-6,9H2,(H,23,24,28)/t11-,13-/m1/s1. The number of carbonyl (C=O) groups excluding carboxylic acids is 1. The summed E-state index contributed by atoms with van der Waals surface area (Å²) in [4.78, 5) is 16.9. The highest BCUT2D eigenvalue weighted by molar-refractivity contribution is 6.03. The number of rotatable bonds is 4. The topological polar surface area (TPSA) is 80.0 Å². The highest BCUT2D eigenvalue weighted by atomic mass is 19.1. The van der Waals surface area contributed by atoms with Crippen LogP contribution in [0, 0.1) is 17.6 Å². The number of nitrogens with one attached hydrogen (secondary N) is 1. The number of aliphatic hydroxyl groups excluding tert-OH is 1. The summed E-state index contributed by atoms with van der Waals surface area (Å²) in [5.41, 5.74) is 2.65. The van der Waals surface area contributed by atoms with E-state index >= 15 is 0 Å². The quantitative estimate of drug-likeness (QED) is 0.727. The van der Waals surface area contributed by atoms with Crippen LogP contribution >= 0.6 is 0 Å². The number of amides is 1. The molecule has 1 fully saturated rings. The summed E-state index contributed by atoms with van der Waals surface area (Å²) in [6.07, 6.45) is 3.19. The monoisotopic (exact) mass is 382 g/mol. The fourth-order valence-electron chi connectivity index (χ4n) is 3.90. The Bertz CT molecular complexity index is 1090. The predicted molar refractivity (Wildman–Crippen MR) is 96.1 cm³/mol. The van der Waals surface area contributed by atoms with E-state index in [1.54, 1.807) is 12.1 Å². The minimum absolute atomic E-state index is 0.134. The molecule has 0 aliphatic heterocycles. The molecule has 0 saturated heterocycles. The SMILES string of the molecule is O=C(Nc1ccc(CO)cn1)c1nn(-c2ccc(F)cc2F)c2c1C[C@H]1C[C@@H]21. The number of hydrogen-bond acceptors (Lipinski definition) is 4. The van der Waals surface area contributed by atoms with E-state index in [2.05, 4.69) is 15.4 Å². The summed E-state index contributed by atoms with van der Waals surface area (Å²) >= 11 is 0. The van der Waals surface area contributed by atoms with Crippen LogP contribution in [0.5, 0.6) is 0 Å². The van der Waals surface area contributed by atoms with E-state index in [0.29, 0.717) is 17.3 Å². The Morgan fingerprint density at radius 1 is 1.29 bits per heavy atom. The molecule has 0 unspecified atom stereocenters. The molecule has 2 atom stereocenters. The molecule has 0 spiro atoms. The molecule has 2 aliphatic carbocycles. The van der Waals surface area contributed by atoms with E-state index in [0.717, 1.165) is 30.2 Å². The van der Waals surface area contributed by atoms with Crippen molar-refractivity contribution in [1.29, 1.82) is 0 Å². The number of pyridine rings is 1. The number of aliphatic hydroxyl groups is 1. The highest BCUT2D eigenvalue weighted by Crippen LogP contribution is 2.57. The molecule has 28 heavy (non-hydrogen) atoms. The lowest BCUT2D eigenvalue weighted by Gasteiger charge is -2.07. The van der Waals surface area contributed by atoms with E-state index in [-0.39, 0.29) is 23.9 Å². The first-order valence-electron chi connectivity index (χ1n) is 8.99. The van der Waals surface area contributed by atoms with Gasteiger partial charge in [0.1, 0.15) is 17.3 Å². The second-order valence-corrected chi connectivity index (χ2v) is 7.19. The van der Waals surface area contributed by atoms with Gasteiger partial charge in [0, 0.05) is 23.7 Å². The molecule has 0 bridgehead atoms. The number of fused-ring (bicyclic) bond motifs is 3. The van der Waals surface area contributed by atoms with Crippen molar-refractivity contribution in [3.63, 3.8) is 0 Å². The summed E-state index contributed by atoms with van der Waals surface area (Å²) in [6.45, 7) is -0.134. The summed E-state index contributed by atoms with van der Waals surface area (Å²) in [6, 6.07) is 6.59. The van der Waals surface area contributed by atoms with Crippen LogP contribution in [0.15, 0.2) is 36.5 Å². The van der Waals surface area contributed by atoms with Crippen molar-refractivity contribution in [3.8, 4) is 5.69 Å². The first-order valence-corrected chi connectivity index (χ1v) is 8.99. The fourth-order valence-corrected chi connectivity index (χ4v) is 3.90. The Labute approximate surface area is 158 Å². The first kappa shape index (κ1) is 17.0. The van der Waals surface area contributed by atoms with E-state index < -0.39 is 17.5 Å². The van der Waals surface area contributed by atoms with Crippen molar-refractivity contribution in [2.45, 2.75) is 25.4 Å². The maximum atomic E-state index is 14.3. The van der Waals surface area contributed by atoms with Gasteiger partial charge in [-0.3, -0.25) is 4.79 Å². The molecule has 2 aliphatic rings. The van der Waals surface area contributed by atoms with Crippen molar-refractivity contribution in [2.75, 3.05) is 5.32 Å². The van der Waals surface area contributed by atoms with Gasteiger partial charge in [-0.05, 0) is 42.5 Å². The third kappa shape index (κ3) is 2.68. The van der Waals surface area contributed by atoms with Crippen LogP contribution in [-0.4, -0.2) is 25.8 Å².